The second-order valence-corrected chi connectivity index (χ2v) is 7.77. The van der Waals surface area contributed by atoms with Gasteiger partial charge in [0, 0.05) is 17.8 Å². The summed E-state index contributed by atoms with van der Waals surface area (Å²) in [6, 6.07) is 11.0. The van der Waals surface area contributed by atoms with Gasteiger partial charge in [0.2, 0.25) is 0 Å². The molecule has 2 atom stereocenters. The molecular formula is C20H25O. The van der Waals surface area contributed by atoms with Crippen LogP contribution in [-0.2, 0) is 5.41 Å². The number of furan rings is 1. The minimum Gasteiger partial charge on any atom is -0.466 e. The molecule has 1 aliphatic rings. The molecule has 1 nitrogen and oxygen atoms in total. The predicted molar refractivity (Wildman–Crippen MR) is 87.6 cm³/mol. The smallest absolute Gasteiger partial charge is 0.111 e. The van der Waals surface area contributed by atoms with Crippen LogP contribution in [0, 0.1) is 25.7 Å². The molecule has 0 spiro atoms. The molecule has 0 fully saturated rings. The van der Waals surface area contributed by atoms with E-state index >= 15 is 0 Å². The molecule has 3 rings (SSSR count). The van der Waals surface area contributed by atoms with Gasteiger partial charge in [0.15, 0.2) is 0 Å². The zero-order valence-corrected chi connectivity index (χ0v) is 13.9. The lowest BCUT2D eigenvalue weighted by Crippen LogP contribution is -2.34. The van der Waals surface area contributed by atoms with Crippen molar-refractivity contribution in [2.45, 2.75) is 52.9 Å². The van der Waals surface area contributed by atoms with Crippen molar-refractivity contribution in [2.75, 3.05) is 0 Å². The molecule has 0 N–H and O–H groups in total. The first kappa shape index (κ1) is 14.4. The normalized spacial score (nSPS) is 25.1. The highest BCUT2D eigenvalue weighted by atomic mass is 16.3. The molecule has 1 aromatic carbocycles. The van der Waals surface area contributed by atoms with Crippen LogP contribution in [0.15, 0.2) is 34.7 Å². The topological polar surface area (TPSA) is 13.1 Å². The first-order valence-electron chi connectivity index (χ1n) is 7.75. The summed E-state index contributed by atoms with van der Waals surface area (Å²) in [6.45, 7) is 13.5. The van der Waals surface area contributed by atoms with Crippen LogP contribution in [-0.4, -0.2) is 0 Å². The van der Waals surface area contributed by atoms with E-state index in [1.807, 2.05) is 6.92 Å². The monoisotopic (exact) mass is 281 g/mol. The molecule has 111 valence electrons. The van der Waals surface area contributed by atoms with E-state index in [2.05, 4.69) is 71.4 Å². The maximum Gasteiger partial charge on any atom is 0.111 e. The zero-order chi connectivity index (χ0) is 15.4. The quantitative estimate of drug-likeness (QED) is 0.668. The van der Waals surface area contributed by atoms with Gasteiger partial charge < -0.3 is 4.42 Å². The highest BCUT2D eigenvalue weighted by molar-refractivity contribution is 5.53. The third-order valence-corrected chi connectivity index (χ3v) is 4.75. The van der Waals surface area contributed by atoms with Crippen LogP contribution in [0.5, 0.6) is 0 Å². The summed E-state index contributed by atoms with van der Waals surface area (Å²) in [6.07, 6.45) is 2.40. The van der Waals surface area contributed by atoms with Crippen molar-refractivity contribution in [1.82, 2.24) is 0 Å². The molecule has 1 heterocycles. The van der Waals surface area contributed by atoms with Crippen LogP contribution in [0.25, 0.3) is 0 Å². The van der Waals surface area contributed by atoms with E-state index < -0.39 is 0 Å². The molecule has 2 unspecified atom stereocenters. The number of aryl methyl sites for hydroxylation is 2. The van der Waals surface area contributed by atoms with Gasteiger partial charge in [0.25, 0.3) is 0 Å². The maximum absolute atomic E-state index is 6.03. The van der Waals surface area contributed by atoms with Gasteiger partial charge in [0.1, 0.15) is 11.5 Å². The first-order chi connectivity index (χ1) is 9.72. The molecule has 1 aromatic heterocycles. The molecule has 1 radical (unpaired) electrons. The van der Waals surface area contributed by atoms with Gasteiger partial charge in [-0.15, -0.1) is 0 Å². The van der Waals surface area contributed by atoms with Crippen LogP contribution in [0.4, 0.5) is 0 Å². The lowest BCUT2D eigenvalue weighted by Gasteiger charge is -2.39. The van der Waals surface area contributed by atoms with E-state index in [-0.39, 0.29) is 10.8 Å². The average Bonchev–Trinajstić information content (AvgIpc) is 2.89. The summed E-state index contributed by atoms with van der Waals surface area (Å²) < 4.78 is 6.03. The van der Waals surface area contributed by atoms with E-state index in [0.717, 1.165) is 11.5 Å². The third-order valence-electron chi connectivity index (χ3n) is 4.75. The van der Waals surface area contributed by atoms with Crippen LogP contribution >= 0.6 is 0 Å². The summed E-state index contributed by atoms with van der Waals surface area (Å²) in [5, 5.41) is 0. The van der Waals surface area contributed by atoms with E-state index in [0.29, 0.717) is 5.92 Å². The van der Waals surface area contributed by atoms with E-state index in [9.17, 15) is 0 Å². The predicted octanol–water partition coefficient (Wildman–Crippen LogP) is 5.55. The Bertz CT molecular complexity index is 671. The van der Waals surface area contributed by atoms with Crippen LogP contribution in [0.3, 0.4) is 0 Å². The maximum atomic E-state index is 6.03. The van der Waals surface area contributed by atoms with Gasteiger partial charge in [-0.3, -0.25) is 0 Å². The molecule has 0 aliphatic heterocycles. The third kappa shape index (κ3) is 2.23. The Kier molecular flexibility index (Phi) is 3.09. The molecule has 1 heteroatoms. The summed E-state index contributed by atoms with van der Waals surface area (Å²) in [4.78, 5) is 0. The Morgan fingerprint density at radius 3 is 2.33 bits per heavy atom. The van der Waals surface area contributed by atoms with Gasteiger partial charge >= 0.3 is 0 Å². The second kappa shape index (κ2) is 4.50. The SMILES string of the molecule is Cc1ccc2c(c1)C(C(C)(C)C)C(C)(c1ccc(C)o1)[CH]2. The number of rotatable bonds is 1. The summed E-state index contributed by atoms with van der Waals surface area (Å²) >= 11 is 0. The number of hydrogen-bond donors (Lipinski definition) is 0. The minimum absolute atomic E-state index is 0.0807. The van der Waals surface area contributed by atoms with E-state index in [4.69, 9.17) is 4.42 Å². The first-order valence-corrected chi connectivity index (χ1v) is 7.75. The Hall–Kier alpha value is -1.50. The average molecular weight is 281 g/mol. The Labute approximate surface area is 128 Å². The van der Waals surface area contributed by atoms with Crippen molar-refractivity contribution in [3.05, 3.63) is 65.0 Å². The van der Waals surface area contributed by atoms with Crippen LogP contribution in [0.1, 0.15) is 61.8 Å². The molecule has 1 aliphatic carbocycles. The molecule has 0 saturated carbocycles. The summed E-state index contributed by atoms with van der Waals surface area (Å²) in [5.41, 5.74) is 4.24. The Morgan fingerprint density at radius 2 is 1.76 bits per heavy atom. The van der Waals surface area contributed by atoms with Crippen molar-refractivity contribution in [1.29, 1.82) is 0 Å². The van der Waals surface area contributed by atoms with E-state index in [1.54, 1.807) is 0 Å². The van der Waals surface area contributed by atoms with Crippen molar-refractivity contribution >= 4 is 0 Å². The lowest BCUT2D eigenvalue weighted by molar-refractivity contribution is 0.222. The fourth-order valence-electron chi connectivity index (χ4n) is 4.11. The lowest BCUT2D eigenvalue weighted by atomic mass is 9.64. The summed E-state index contributed by atoms with van der Waals surface area (Å²) in [7, 11) is 0. The molecular weight excluding hydrogens is 256 g/mol. The van der Waals surface area contributed by atoms with Gasteiger partial charge in [-0.05, 0) is 42.5 Å². The fraction of sp³-hybridized carbons (Fsp3) is 0.450. The molecule has 21 heavy (non-hydrogen) atoms. The van der Waals surface area contributed by atoms with E-state index in [1.165, 1.54) is 16.7 Å². The zero-order valence-electron chi connectivity index (χ0n) is 13.9. The van der Waals surface area contributed by atoms with Crippen molar-refractivity contribution in [3.8, 4) is 0 Å². The molecule has 0 bridgehead atoms. The van der Waals surface area contributed by atoms with Gasteiger partial charge in [-0.2, -0.15) is 0 Å². The number of fused-ring (bicyclic) bond motifs is 1. The largest absolute Gasteiger partial charge is 0.466 e. The van der Waals surface area contributed by atoms with Crippen LogP contribution in [0.2, 0.25) is 0 Å². The number of benzene rings is 1. The fourth-order valence-corrected chi connectivity index (χ4v) is 4.11. The molecule has 2 aromatic rings. The molecule has 0 amide bonds. The highest BCUT2D eigenvalue weighted by Crippen LogP contribution is 2.57. The molecule has 0 saturated heterocycles. The summed E-state index contributed by atoms with van der Waals surface area (Å²) in [5.74, 6) is 2.48. The van der Waals surface area contributed by atoms with Gasteiger partial charge in [0.05, 0.1) is 0 Å². The van der Waals surface area contributed by atoms with Crippen molar-refractivity contribution in [2.24, 2.45) is 5.41 Å². The Balaban J connectivity index is 2.19. The highest BCUT2D eigenvalue weighted by Gasteiger charge is 2.50. The van der Waals surface area contributed by atoms with Crippen molar-refractivity contribution < 1.29 is 4.42 Å². The van der Waals surface area contributed by atoms with Crippen LogP contribution < -0.4 is 0 Å². The van der Waals surface area contributed by atoms with Crippen molar-refractivity contribution in [3.63, 3.8) is 0 Å². The van der Waals surface area contributed by atoms with Gasteiger partial charge in [-0.1, -0.05) is 51.5 Å². The Morgan fingerprint density at radius 1 is 1.05 bits per heavy atom. The minimum atomic E-state index is -0.0807. The second-order valence-electron chi connectivity index (χ2n) is 7.77. The van der Waals surface area contributed by atoms with Gasteiger partial charge in [-0.25, -0.2) is 0 Å². The number of hydrogen-bond acceptors (Lipinski definition) is 1. The standard InChI is InChI=1S/C20H25O/c1-13-7-9-15-12-20(6,17-10-8-14(2)21-17)18(16(15)11-13)19(3,4)5/h7-12,18H,1-6H3.